The normalized spacial score (nSPS) is 0. The summed E-state index contributed by atoms with van der Waals surface area (Å²) in [6, 6.07) is 0. The predicted octanol–water partition coefficient (Wildman–Crippen LogP) is -1.14. The van der Waals surface area contributed by atoms with Crippen LogP contribution in [0.25, 0.3) is 0 Å². The van der Waals surface area contributed by atoms with Gasteiger partial charge in [-0.25, -0.2) is 0 Å². The summed E-state index contributed by atoms with van der Waals surface area (Å²) in [7, 11) is 0. The Morgan fingerprint density at radius 3 is 0.750 bits per heavy atom. The van der Waals surface area contributed by atoms with Crippen molar-refractivity contribution in [1.82, 2.24) is 0 Å². The van der Waals surface area contributed by atoms with Crippen LogP contribution in [0.5, 0.6) is 0 Å². The SMILES string of the molecule is [As].[Cd].[Se].[Se]. The molecule has 0 aromatic carbocycles. The van der Waals surface area contributed by atoms with E-state index in [0.717, 1.165) is 0 Å². The summed E-state index contributed by atoms with van der Waals surface area (Å²) in [6.07, 6.45) is 0. The topological polar surface area (TPSA) is 0 Å². The largest absolute Gasteiger partial charge is 0 e. The first-order valence-electron chi connectivity index (χ1n) is 0. The third-order valence-electron chi connectivity index (χ3n) is 0. The molecule has 0 heterocycles. The molecule has 4 heavy (non-hydrogen) atoms. The summed E-state index contributed by atoms with van der Waals surface area (Å²) >= 11 is 0. The molecule has 0 nitrogen and oxygen atoms in total. The molecule has 0 rings (SSSR count). The van der Waals surface area contributed by atoms with Gasteiger partial charge in [-0.15, -0.1) is 0 Å². The maximum Gasteiger partial charge on any atom is 0 e. The van der Waals surface area contributed by atoms with Crippen LogP contribution in [-0.2, 0) is 27.3 Å². The van der Waals surface area contributed by atoms with E-state index in [0.29, 0.717) is 0 Å². The maximum absolute atomic E-state index is 0. The second-order valence-corrected chi connectivity index (χ2v) is 0. The third-order valence-corrected chi connectivity index (χ3v) is 0. The standard InChI is InChI=1S/As.Cd.2Se. The summed E-state index contributed by atoms with van der Waals surface area (Å²) in [5.41, 5.74) is 0. The summed E-state index contributed by atoms with van der Waals surface area (Å²) in [5, 5.41) is 0. The summed E-state index contributed by atoms with van der Waals surface area (Å²) in [6.45, 7) is 0. The van der Waals surface area contributed by atoms with Gasteiger partial charge in [0.1, 0.15) is 0 Å². The van der Waals surface area contributed by atoms with Gasteiger partial charge in [0, 0.05) is 79.4 Å². The molecule has 0 aliphatic carbocycles. The molecule has 0 spiro atoms. The van der Waals surface area contributed by atoms with Gasteiger partial charge in [0.2, 0.25) is 0 Å². The second kappa shape index (κ2) is 17.8. The molecule has 19 valence electrons. The first-order valence-corrected chi connectivity index (χ1v) is 0. The molecule has 0 aromatic rings. The second-order valence-electron chi connectivity index (χ2n) is 0. The van der Waals surface area contributed by atoms with Crippen LogP contribution >= 0.6 is 0 Å². The molecule has 0 aromatic heterocycles. The van der Waals surface area contributed by atoms with Crippen molar-refractivity contribution >= 4 is 52.1 Å². The quantitative estimate of drug-likeness (QED) is 0.487. The van der Waals surface area contributed by atoms with Crippen molar-refractivity contribution in [2.75, 3.05) is 0 Å². The predicted molar refractivity (Wildman–Crippen MR) is 17.3 cm³/mol. The molecule has 0 unspecified atom stereocenters. The average molecular weight is 345 g/mol. The van der Waals surface area contributed by atoms with Gasteiger partial charge in [-0.05, 0) is 0 Å². The van der Waals surface area contributed by atoms with Crippen molar-refractivity contribution in [2.24, 2.45) is 0 Å². The smallest absolute Gasteiger partial charge is 0 e. The zero-order valence-electron chi connectivity index (χ0n) is 1.97. The van der Waals surface area contributed by atoms with Crippen LogP contribution < -0.4 is 0 Å². The summed E-state index contributed by atoms with van der Waals surface area (Å²) in [4.78, 5) is 0. The Morgan fingerprint density at radius 2 is 0.750 bits per heavy atom. The van der Waals surface area contributed by atoms with Crippen LogP contribution in [0, 0.1) is 0 Å². The first kappa shape index (κ1) is 31.3. The van der Waals surface area contributed by atoms with Crippen molar-refractivity contribution in [2.45, 2.75) is 0 Å². The van der Waals surface area contributed by atoms with E-state index < -0.39 is 0 Å². The molecule has 0 N–H and O–H groups in total. The van der Waals surface area contributed by atoms with E-state index in [1.807, 2.05) is 0 Å². The molecule has 0 atom stereocenters. The Balaban J connectivity index is 0. The van der Waals surface area contributed by atoms with Crippen molar-refractivity contribution in [1.29, 1.82) is 0 Å². The average Bonchev–Trinajstić information content (AvgIpc) is 0. The number of hydrogen-bond acceptors (Lipinski definition) is 0. The fourth-order valence-corrected chi connectivity index (χ4v) is 0. The molecule has 0 bridgehead atoms. The Bertz CT molecular complexity index is 6.00. The summed E-state index contributed by atoms with van der Waals surface area (Å²) in [5.74, 6) is 0. The Kier molecular flexibility index (Phi) is 139. The molecule has 0 amide bonds. The minimum Gasteiger partial charge on any atom is 0 e. The van der Waals surface area contributed by atoms with Crippen LogP contribution in [0.1, 0.15) is 0 Å². The van der Waals surface area contributed by atoms with Gasteiger partial charge in [0.25, 0.3) is 0 Å². The van der Waals surface area contributed by atoms with E-state index in [4.69, 9.17) is 0 Å². The van der Waals surface area contributed by atoms with Crippen LogP contribution in [0.4, 0.5) is 0 Å². The van der Waals surface area contributed by atoms with Crippen molar-refractivity contribution in [3.63, 3.8) is 0 Å². The minimum absolute atomic E-state index is 0. The van der Waals surface area contributed by atoms with E-state index in [-0.39, 0.29) is 79.4 Å². The number of rotatable bonds is 0. The molecular weight excluding hydrogens is 345 g/mol. The van der Waals surface area contributed by atoms with Crippen LogP contribution in [0.3, 0.4) is 0 Å². The molecule has 4 heteroatoms. The number of hydrogen-bond donors (Lipinski definition) is 0. The summed E-state index contributed by atoms with van der Waals surface area (Å²) < 4.78 is 0. The molecular formula is AsCdSe2. The molecule has 7 radical (unpaired) electrons. The third kappa shape index (κ3) is 8.82. The van der Waals surface area contributed by atoms with Gasteiger partial charge in [-0.2, -0.15) is 0 Å². The molecule has 0 aliphatic heterocycles. The maximum atomic E-state index is 0. The van der Waals surface area contributed by atoms with E-state index >= 15 is 0 Å². The van der Waals surface area contributed by atoms with E-state index in [9.17, 15) is 0 Å². The Hall–Kier alpha value is 2.52. The van der Waals surface area contributed by atoms with Crippen molar-refractivity contribution in [3.8, 4) is 0 Å². The fraction of sp³-hybridized carbons (Fsp3) is 0. The van der Waals surface area contributed by atoms with Crippen molar-refractivity contribution < 1.29 is 27.3 Å². The monoisotopic (exact) mass is 349 g/mol. The van der Waals surface area contributed by atoms with E-state index in [2.05, 4.69) is 0 Å². The zero-order chi connectivity index (χ0) is 0. The van der Waals surface area contributed by atoms with Gasteiger partial charge >= 0.3 is 0 Å². The van der Waals surface area contributed by atoms with Gasteiger partial charge in [-0.1, -0.05) is 0 Å². The fourth-order valence-electron chi connectivity index (χ4n) is 0. The molecule has 0 fully saturated rings. The van der Waals surface area contributed by atoms with Gasteiger partial charge < -0.3 is 0 Å². The van der Waals surface area contributed by atoms with E-state index in [1.165, 1.54) is 0 Å². The minimum atomic E-state index is 0. The molecule has 0 aliphatic rings. The Morgan fingerprint density at radius 1 is 0.750 bits per heavy atom. The van der Waals surface area contributed by atoms with E-state index in [1.54, 1.807) is 0 Å². The van der Waals surface area contributed by atoms with Gasteiger partial charge in [-0.3, -0.25) is 0 Å². The first-order chi connectivity index (χ1) is 0. The van der Waals surface area contributed by atoms with Gasteiger partial charge in [0.15, 0.2) is 0 Å². The van der Waals surface area contributed by atoms with Gasteiger partial charge in [0.05, 0.1) is 0 Å². The Labute approximate surface area is 78.3 Å². The van der Waals surface area contributed by atoms with Crippen molar-refractivity contribution in [3.05, 3.63) is 0 Å². The van der Waals surface area contributed by atoms with Crippen LogP contribution in [0.2, 0.25) is 0 Å². The van der Waals surface area contributed by atoms with Crippen LogP contribution in [0.15, 0.2) is 0 Å². The van der Waals surface area contributed by atoms with Crippen LogP contribution in [-0.4, -0.2) is 52.1 Å². The zero-order valence-corrected chi connectivity index (χ0v) is 11.3. The molecule has 0 saturated heterocycles. The molecule has 0 saturated carbocycles.